The molecule has 3 aromatic carbocycles. The summed E-state index contributed by atoms with van der Waals surface area (Å²) in [6.45, 7) is 0. The molecule has 0 amide bonds. The van der Waals surface area contributed by atoms with Gasteiger partial charge >= 0.3 is 0 Å². The summed E-state index contributed by atoms with van der Waals surface area (Å²) in [5.74, 6) is 0.165. The van der Waals surface area contributed by atoms with E-state index in [9.17, 15) is 5.11 Å². The van der Waals surface area contributed by atoms with Crippen molar-refractivity contribution >= 4 is 39.3 Å². The Labute approximate surface area is 165 Å². The molecule has 5 aromatic rings. The topological polar surface area (TPSA) is 76.5 Å². The number of aromatic hydroxyl groups is 1. The predicted molar refractivity (Wildman–Crippen MR) is 115 cm³/mol. The molecular formula is C24H16N4O. The van der Waals surface area contributed by atoms with Gasteiger partial charge in [-0.25, -0.2) is 0 Å². The highest BCUT2D eigenvalue weighted by molar-refractivity contribution is 5.91. The molecule has 6 rings (SSSR count). The molecule has 138 valence electrons. The van der Waals surface area contributed by atoms with Gasteiger partial charge in [0.2, 0.25) is 0 Å². The normalized spacial score (nSPS) is 13.7. The first-order valence-electron chi connectivity index (χ1n) is 9.42. The zero-order valence-corrected chi connectivity index (χ0v) is 15.3. The molecule has 0 radical (unpaired) electrons. The van der Waals surface area contributed by atoms with Gasteiger partial charge in [0.05, 0.1) is 11.4 Å². The first-order valence-corrected chi connectivity index (χ1v) is 9.42. The average Bonchev–Trinajstić information content (AvgIpc) is 3.43. The third-order valence-corrected chi connectivity index (χ3v) is 5.36. The Bertz CT molecular complexity index is 1540. The van der Waals surface area contributed by atoms with Crippen LogP contribution < -0.4 is 10.4 Å². The first kappa shape index (κ1) is 15.9. The van der Waals surface area contributed by atoms with Gasteiger partial charge in [0, 0.05) is 32.6 Å². The number of azo groups is 1. The van der Waals surface area contributed by atoms with Crippen molar-refractivity contribution < 1.29 is 5.11 Å². The third-order valence-electron chi connectivity index (χ3n) is 5.36. The number of aromatic amines is 2. The summed E-state index contributed by atoms with van der Waals surface area (Å²) in [7, 11) is 0. The Kier molecular flexibility index (Phi) is 3.25. The van der Waals surface area contributed by atoms with Crippen molar-refractivity contribution in [1.29, 1.82) is 0 Å². The number of aromatic nitrogens is 2. The van der Waals surface area contributed by atoms with Crippen molar-refractivity contribution in [3.8, 4) is 5.88 Å². The zero-order valence-electron chi connectivity index (χ0n) is 15.3. The number of benzene rings is 3. The summed E-state index contributed by atoms with van der Waals surface area (Å²) in [5, 5.41) is 23.2. The quantitative estimate of drug-likeness (QED) is 0.419. The number of fused-ring (bicyclic) bond motifs is 3. The Morgan fingerprint density at radius 3 is 2.52 bits per heavy atom. The maximum absolute atomic E-state index is 10.3. The number of para-hydroxylation sites is 2. The Morgan fingerprint density at radius 2 is 1.62 bits per heavy atom. The summed E-state index contributed by atoms with van der Waals surface area (Å²) < 4.78 is 0. The lowest BCUT2D eigenvalue weighted by Gasteiger charge is -1.95. The van der Waals surface area contributed by atoms with Gasteiger partial charge in [-0.05, 0) is 41.6 Å². The van der Waals surface area contributed by atoms with E-state index in [1.54, 1.807) is 0 Å². The Balaban J connectivity index is 1.50. The lowest BCUT2D eigenvalue weighted by molar-refractivity contribution is 0.457. The molecule has 0 fully saturated rings. The summed E-state index contributed by atoms with van der Waals surface area (Å²) in [4.78, 5) is 6.44. The van der Waals surface area contributed by atoms with E-state index in [0.29, 0.717) is 0 Å². The van der Waals surface area contributed by atoms with Gasteiger partial charge in [-0.15, -0.1) is 10.2 Å². The van der Waals surface area contributed by atoms with Crippen LogP contribution in [0.1, 0.15) is 11.3 Å². The van der Waals surface area contributed by atoms with Crippen LogP contribution in [-0.4, -0.2) is 15.1 Å². The van der Waals surface area contributed by atoms with Crippen molar-refractivity contribution in [2.75, 3.05) is 0 Å². The molecule has 0 unspecified atom stereocenters. The highest BCUT2D eigenvalue weighted by Gasteiger charge is 2.14. The summed E-state index contributed by atoms with van der Waals surface area (Å²) >= 11 is 0. The van der Waals surface area contributed by atoms with Gasteiger partial charge in [-0.2, -0.15) is 0 Å². The van der Waals surface area contributed by atoms with Crippen LogP contribution in [0.15, 0.2) is 83.0 Å². The van der Waals surface area contributed by atoms with Crippen LogP contribution in [0.25, 0.3) is 33.6 Å². The van der Waals surface area contributed by atoms with E-state index in [0.717, 1.165) is 54.9 Å². The molecular weight excluding hydrogens is 360 g/mol. The van der Waals surface area contributed by atoms with Crippen LogP contribution in [-0.2, 0) is 0 Å². The number of hydrogen-bond acceptors (Lipinski definition) is 3. The molecule has 3 heterocycles. The monoisotopic (exact) mass is 376 g/mol. The van der Waals surface area contributed by atoms with Crippen LogP contribution >= 0.6 is 0 Å². The van der Waals surface area contributed by atoms with Crippen LogP contribution in [0.3, 0.4) is 0 Å². The smallest absolute Gasteiger partial charge is 0.196 e. The van der Waals surface area contributed by atoms with E-state index in [1.165, 1.54) is 0 Å². The number of H-pyrrole nitrogens is 2. The van der Waals surface area contributed by atoms with Gasteiger partial charge in [-0.1, -0.05) is 42.5 Å². The summed E-state index contributed by atoms with van der Waals surface area (Å²) in [6, 6.07) is 24.2. The fraction of sp³-hybridized carbons (Fsp3) is 0. The Hall–Kier alpha value is -4.12. The third kappa shape index (κ3) is 2.48. The van der Waals surface area contributed by atoms with Crippen LogP contribution in [0.5, 0.6) is 5.88 Å². The maximum Gasteiger partial charge on any atom is 0.196 e. The molecule has 0 atom stereocenters. The molecule has 29 heavy (non-hydrogen) atoms. The van der Waals surface area contributed by atoms with Crippen molar-refractivity contribution in [2.45, 2.75) is 0 Å². The van der Waals surface area contributed by atoms with Crippen molar-refractivity contribution in [1.82, 2.24) is 9.97 Å². The Morgan fingerprint density at radius 1 is 0.793 bits per heavy atom. The number of nitrogens with one attached hydrogen (secondary N) is 2. The molecule has 1 aliphatic rings. The molecule has 5 nitrogen and oxygen atoms in total. The second-order valence-electron chi connectivity index (χ2n) is 7.17. The lowest BCUT2D eigenvalue weighted by atomic mass is 10.1. The number of hydrogen-bond donors (Lipinski definition) is 3. The van der Waals surface area contributed by atoms with Crippen LogP contribution in [0.2, 0.25) is 0 Å². The standard InChI is InChI=1S/C24H16N4O/c29-24-18(16-6-2-4-8-20(16)26-24)11-14-9-10-17-21(12-14)27-28-23(17)22-13-15-5-1-3-7-19(15)25-22/h1-13,25-26,29H. The van der Waals surface area contributed by atoms with Gasteiger partial charge in [0.1, 0.15) is 5.70 Å². The molecule has 0 spiro atoms. The van der Waals surface area contributed by atoms with Crippen molar-refractivity contribution in [3.63, 3.8) is 0 Å². The molecule has 1 aliphatic heterocycles. The van der Waals surface area contributed by atoms with E-state index in [-0.39, 0.29) is 5.88 Å². The van der Waals surface area contributed by atoms with E-state index in [1.807, 2.05) is 60.7 Å². The van der Waals surface area contributed by atoms with E-state index < -0.39 is 0 Å². The maximum atomic E-state index is 10.3. The largest absolute Gasteiger partial charge is 0.494 e. The molecule has 2 aromatic heterocycles. The second-order valence-corrected chi connectivity index (χ2v) is 7.17. The average molecular weight is 376 g/mol. The van der Waals surface area contributed by atoms with Crippen molar-refractivity contribution in [2.24, 2.45) is 10.2 Å². The molecule has 0 saturated heterocycles. The first-order chi connectivity index (χ1) is 14.3. The van der Waals surface area contributed by atoms with Gasteiger partial charge in [-0.3, -0.25) is 0 Å². The minimum atomic E-state index is 0.165. The molecule has 0 aliphatic carbocycles. The van der Waals surface area contributed by atoms with Gasteiger partial charge in [0.25, 0.3) is 0 Å². The van der Waals surface area contributed by atoms with E-state index >= 15 is 0 Å². The minimum absolute atomic E-state index is 0.165. The summed E-state index contributed by atoms with van der Waals surface area (Å²) in [5.41, 5.74) is 5.39. The second kappa shape index (κ2) is 5.94. The molecule has 0 bridgehead atoms. The number of nitrogens with zero attached hydrogens (tertiary/aromatic N) is 2. The SMILES string of the molecule is Oc1[nH]c2ccccc2c1C=c1ccc2c(c1)N=NC=2c1cc2ccccc2[nH]1. The number of rotatable bonds is 2. The fourth-order valence-electron chi connectivity index (χ4n) is 3.94. The highest BCUT2D eigenvalue weighted by Crippen LogP contribution is 2.28. The van der Waals surface area contributed by atoms with Gasteiger partial charge in [0.15, 0.2) is 5.88 Å². The highest BCUT2D eigenvalue weighted by atomic mass is 16.3. The van der Waals surface area contributed by atoms with Gasteiger partial charge < -0.3 is 15.1 Å². The molecule has 5 heteroatoms. The molecule has 3 N–H and O–H groups in total. The predicted octanol–water partition coefficient (Wildman–Crippen LogP) is 4.44. The lowest BCUT2D eigenvalue weighted by Crippen LogP contribution is -2.09. The zero-order chi connectivity index (χ0) is 19.4. The van der Waals surface area contributed by atoms with Crippen LogP contribution in [0.4, 0.5) is 5.69 Å². The fourth-order valence-corrected chi connectivity index (χ4v) is 3.94. The summed E-state index contributed by atoms with van der Waals surface area (Å²) in [6.07, 6.45) is 1.96. The van der Waals surface area contributed by atoms with E-state index in [4.69, 9.17) is 0 Å². The minimum Gasteiger partial charge on any atom is -0.494 e. The van der Waals surface area contributed by atoms with Crippen molar-refractivity contribution in [3.05, 3.63) is 94.5 Å². The van der Waals surface area contributed by atoms with Crippen LogP contribution in [0, 0.1) is 0 Å². The van der Waals surface area contributed by atoms with E-state index in [2.05, 4.69) is 38.4 Å². The molecule has 0 saturated carbocycles.